The predicted octanol–water partition coefficient (Wildman–Crippen LogP) is 2.62. The first-order chi connectivity index (χ1) is 10.5. The van der Waals surface area contributed by atoms with Crippen molar-refractivity contribution in [2.75, 3.05) is 13.1 Å². The maximum Gasteiger partial charge on any atom is 0.234 e. The highest BCUT2D eigenvalue weighted by molar-refractivity contribution is 6.30. The highest BCUT2D eigenvalue weighted by atomic mass is 35.5. The number of amides is 1. The SMILES string of the molecule is Cc1nc(CN2CC(=O)NC(C)C2)oc1-c1ccc(Cl)cc1. The summed E-state index contributed by atoms with van der Waals surface area (Å²) in [6.07, 6.45) is 0. The van der Waals surface area contributed by atoms with Gasteiger partial charge in [0.1, 0.15) is 0 Å². The maximum atomic E-state index is 11.6. The van der Waals surface area contributed by atoms with E-state index in [1.165, 1.54) is 0 Å². The average molecular weight is 320 g/mol. The summed E-state index contributed by atoms with van der Waals surface area (Å²) < 4.78 is 5.89. The van der Waals surface area contributed by atoms with Gasteiger partial charge < -0.3 is 9.73 Å². The van der Waals surface area contributed by atoms with E-state index in [4.69, 9.17) is 16.0 Å². The number of aryl methyl sites for hydroxylation is 1. The molecule has 1 aliphatic heterocycles. The second-order valence-corrected chi connectivity index (χ2v) is 6.10. The van der Waals surface area contributed by atoms with E-state index >= 15 is 0 Å². The van der Waals surface area contributed by atoms with Crippen LogP contribution in [0.4, 0.5) is 0 Å². The number of benzene rings is 1. The lowest BCUT2D eigenvalue weighted by atomic mass is 10.1. The molecule has 0 radical (unpaired) electrons. The van der Waals surface area contributed by atoms with Crippen LogP contribution in [0.25, 0.3) is 11.3 Å². The van der Waals surface area contributed by atoms with Crippen LogP contribution in [-0.2, 0) is 11.3 Å². The second kappa shape index (κ2) is 6.10. The second-order valence-electron chi connectivity index (χ2n) is 5.67. The first-order valence-electron chi connectivity index (χ1n) is 7.25. The molecule has 1 amide bonds. The molecule has 0 saturated carbocycles. The van der Waals surface area contributed by atoms with E-state index in [1.807, 2.05) is 43.0 Å². The van der Waals surface area contributed by atoms with Gasteiger partial charge in [-0.3, -0.25) is 9.69 Å². The van der Waals surface area contributed by atoms with Crippen molar-refractivity contribution in [2.45, 2.75) is 26.4 Å². The predicted molar refractivity (Wildman–Crippen MR) is 84.6 cm³/mol. The fourth-order valence-corrected chi connectivity index (χ4v) is 2.85. The van der Waals surface area contributed by atoms with Crippen molar-refractivity contribution in [3.63, 3.8) is 0 Å². The van der Waals surface area contributed by atoms with Crippen molar-refractivity contribution in [3.05, 3.63) is 40.9 Å². The first-order valence-corrected chi connectivity index (χ1v) is 7.63. The molecule has 1 aromatic carbocycles. The van der Waals surface area contributed by atoms with Crippen LogP contribution >= 0.6 is 11.6 Å². The Bertz CT molecular complexity index is 681. The molecule has 2 heterocycles. The van der Waals surface area contributed by atoms with Gasteiger partial charge >= 0.3 is 0 Å². The van der Waals surface area contributed by atoms with Crippen LogP contribution < -0.4 is 5.32 Å². The molecule has 5 nitrogen and oxygen atoms in total. The van der Waals surface area contributed by atoms with Gasteiger partial charge in [0.2, 0.25) is 11.8 Å². The third-order valence-corrected chi connectivity index (χ3v) is 3.86. The van der Waals surface area contributed by atoms with E-state index in [0.29, 0.717) is 24.0 Å². The Hall–Kier alpha value is -1.85. The lowest BCUT2D eigenvalue weighted by Gasteiger charge is -2.29. The first kappa shape index (κ1) is 15.1. The van der Waals surface area contributed by atoms with Crippen LogP contribution in [0.15, 0.2) is 28.7 Å². The highest BCUT2D eigenvalue weighted by Crippen LogP contribution is 2.26. The zero-order valence-electron chi connectivity index (χ0n) is 12.6. The van der Waals surface area contributed by atoms with Gasteiger partial charge in [-0.2, -0.15) is 0 Å². The van der Waals surface area contributed by atoms with Gasteiger partial charge in [0.05, 0.1) is 18.8 Å². The van der Waals surface area contributed by atoms with Crippen LogP contribution in [0.1, 0.15) is 18.5 Å². The lowest BCUT2D eigenvalue weighted by Crippen LogP contribution is -2.52. The summed E-state index contributed by atoms with van der Waals surface area (Å²) >= 11 is 5.91. The minimum absolute atomic E-state index is 0.0416. The van der Waals surface area contributed by atoms with E-state index in [9.17, 15) is 4.79 Å². The summed E-state index contributed by atoms with van der Waals surface area (Å²) in [6, 6.07) is 7.63. The smallest absolute Gasteiger partial charge is 0.234 e. The van der Waals surface area contributed by atoms with E-state index < -0.39 is 0 Å². The van der Waals surface area contributed by atoms with Crippen molar-refractivity contribution >= 4 is 17.5 Å². The minimum atomic E-state index is 0.0416. The monoisotopic (exact) mass is 319 g/mol. The molecule has 6 heteroatoms. The van der Waals surface area contributed by atoms with Gasteiger partial charge in [0.25, 0.3) is 0 Å². The Morgan fingerprint density at radius 2 is 2.14 bits per heavy atom. The van der Waals surface area contributed by atoms with E-state index in [1.54, 1.807) is 0 Å². The van der Waals surface area contributed by atoms with E-state index in [0.717, 1.165) is 23.6 Å². The summed E-state index contributed by atoms with van der Waals surface area (Å²) in [6.45, 7) is 5.62. The van der Waals surface area contributed by atoms with E-state index in [-0.39, 0.29) is 11.9 Å². The number of nitrogens with zero attached hydrogens (tertiary/aromatic N) is 2. The Labute approximate surface area is 134 Å². The van der Waals surface area contributed by atoms with Crippen LogP contribution in [0.3, 0.4) is 0 Å². The van der Waals surface area contributed by atoms with Crippen LogP contribution in [0.5, 0.6) is 0 Å². The topological polar surface area (TPSA) is 58.4 Å². The fourth-order valence-electron chi connectivity index (χ4n) is 2.72. The van der Waals surface area contributed by atoms with E-state index in [2.05, 4.69) is 10.3 Å². The van der Waals surface area contributed by atoms with Gasteiger partial charge in [-0.1, -0.05) is 11.6 Å². The number of nitrogens with one attached hydrogen (secondary N) is 1. The van der Waals surface area contributed by atoms with Crippen molar-refractivity contribution in [2.24, 2.45) is 0 Å². The summed E-state index contributed by atoms with van der Waals surface area (Å²) in [5.74, 6) is 1.42. The molecule has 1 atom stereocenters. The highest BCUT2D eigenvalue weighted by Gasteiger charge is 2.23. The molecule has 2 aromatic rings. The Morgan fingerprint density at radius 1 is 1.41 bits per heavy atom. The molecular formula is C16H18ClN3O2. The van der Waals surface area contributed by atoms with Gasteiger partial charge in [-0.15, -0.1) is 0 Å². The number of aromatic nitrogens is 1. The number of carbonyl (C=O) groups is 1. The molecule has 1 aromatic heterocycles. The summed E-state index contributed by atoms with van der Waals surface area (Å²) in [5, 5.41) is 3.59. The van der Waals surface area contributed by atoms with Crippen molar-refractivity contribution in [1.29, 1.82) is 0 Å². The average Bonchev–Trinajstić information content (AvgIpc) is 2.79. The molecule has 0 aliphatic carbocycles. The van der Waals surface area contributed by atoms with Gasteiger partial charge in [0, 0.05) is 23.2 Å². The number of oxazole rings is 1. The number of halogens is 1. The zero-order valence-corrected chi connectivity index (χ0v) is 13.4. The van der Waals surface area contributed by atoms with Gasteiger partial charge in [0.15, 0.2) is 5.76 Å². The Kier molecular flexibility index (Phi) is 4.18. The zero-order chi connectivity index (χ0) is 15.7. The quantitative estimate of drug-likeness (QED) is 0.945. The van der Waals surface area contributed by atoms with Crippen molar-refractivity contribution in [1.82, 2.24) is 15.2 Å². The summed E-state index contributed by atoms with van der Waals surface area (Å²) in [7, 11) is 0. The summed E-state index contributed by atoms with van der Waals surface area (Å²) in [4.78, 5) is 18.1. The van der Waals surface area contributed by atoms with Crippen molar-refractivity contribution in [3.8, 4) is 11.3 Å². The van der Waals surface area contributed by atoms with Crippen LogP contribution in [-0.4, -0.2) is 34.9 Å². The number of piperazine rings is 1. The van der Waals surface area contributed by atoms with Crippen molar-refractivity contribution < 1.29 is 9.21 Å². The standard InChI is InChI=1S/C16H18ClN3O2/c1-10-7-20(8-14(21)18-10)9-15-19-11(2)16(22-15)12-3-5-13(17)6-4-12/h3-6,10H,7-9H2,1-2H3,(H,18,21). The minimum Gasteiger partial charge on any atom is -0.439 e. The maximum absolute atomic E-state index is 11.6. The lowest BCUT2D eigenvalue weighted by molar-refractivity contribution is -0.125. The third-order valence-electron chi connectivity index (χ3n) is 3.61. The third kappa shape index (κ3) is 3.31. The number of rotatable bonds is 3. The number of carbonyl (C=O) groups excluding carboxylic acids is 1. The molecule has 1 fully saturated rings. The molecule has 0 spiro atoms. The van der Waals surface area contributed by atoms with Crippen LogP contribution in [0, 0.1) is 6.92 Å². The molecule has 1 aliphatic rings. The summed E-state index contributed by atoms with van der Waals surface area (Å²) in [5.41, 5.74) is 1.79. The van der Waals surface area contributed by atoms with Crippen LogP contribution in [0.2, 0.25) is 5.02 Å². The van der Waals surface area contributed by atoms with Gasteiger partial charge in [-0.25, -0.2) is 4.98 Å². The number of hydrogen-bond acceptors (Lipinski definition) is 4. The normalized spacial score (nSPS) is 19.2. The molecule has 1 unspecified atom stereocenters. The number of hydrogen-bond donors (Lipinski definition) is 1. The van der Waals surface area contributed by atoms with Gasteiger partial charge in [-0.05, 0) is 38.1 Å². The largest absolute Gasteiger partial charge is 0.439 e. The molecule has 3 rings (SSSR count). The fraction of sp³-hybridized carbons (Fsp3) is 0.375. The Morgan fingerprint density at radius 3 is 2.82 bits per heavy atom. The molecule has 22 heavy (non-hydrogen) atoms. The molecular weight excluding hydrogens is 302 g/mol. The molecule has 1 saturated heterocycles. The molecule has 0 bridgehead atoms. The molecule has 116 valence electrons. The Balaban J connectivity index is 1.77. The molecule has 1 N–H and O–H groups in total.